The largest absolute Gasteiger partial charge is 0.357 e. The van der Waals surface area contributed by atoms with Crippen LogP contribution in [0, 0.1) is 0 Å². The lowest BCUT2D eigenvalue weighted by Gasteiger charge is -2.05. The summed E-state index contributed by atoms with van der Waals surface area (Å²) in [6.45, 7) is 2.44. The standard InChI is InChI=1S/C9H16N4O2S/c1-3-4-5-13-16(14,15)8-6-11-9(10-2)12-7-8/h6-7,13H,3-5H2,1-2H3,(H,10,11,12). The molecule has 1 heterocycles. The first-order valence-corrected chi connectivity index (χ1v) is 6.58. The summed E-state index contributed by atoms with van der Waals surface area (Å²) >= 11 is 0. The minimum atomic E-state index is -3.46. The molecule has 0 aromatic carbocycles. The second-order valence-electron chi connectivity index (χ2n) is 3.24. The van der Waals surface area contributed by atoms with Crippen molar-refractivity contribution in [1.29, 1.82) is 0 Å². The second-order valence-corrected chi connectivity index (χ2v) is 5.01. The van der Waals surface area contributed by atoms with Gasteiger partial charge in [0.2, 0.25) is 16.0 Å². The van der Waals surface area contributed by atoms with Gasteiger partial charge in [0.1, 0.15) is 4.90 Å². The Labute approximate surface area is 95.6 Å². The van der Waals surface area contributed by atoms with Gasteiger partial charge in [0, 0.05) is 13.6 Å². The van der Waals surface area contributed by atoms with E-state index in [2.05, 4.69) is 20.0 Å². The third-order valence-corrected chi connectivity index (χ3v) is 3.40. The minimum absolute atomic E-state index is 0.0857. The van der Waals surface area contributed by atoms with E-state index in [9.17, 15) is 8.42 Å². The fraction of sp³-hybridized carbons (Fsp3) is 0.556. The molecule has 0 radical (unpaired) electrons. The van der Waals surface area contributed by atoms with E-state index in [0.29, 0.717) is 12.5 Å². The summed E-state index contributed by atoms with van der Waals surface area (Å²) in [7, 11) is -1.79. The first-order valence-electron chi connectivity index (χ1n) is 5.09. The lowest BCUT2D eigenvalue weighted by atomic mass is 10.3. The number of rotatable bonds is 6. The van der Waals surface area contributed by atoms with Crippen LogP contribution in [-0.4, -0.2) is 32.0 Å². The maximum Gasteiger partial charge on any atom is 0.243 e. The molecule has 0 bridgehead atoms. The van der Waals surface area contributed by atoms with Crippen LogP contribution in [0.5, 0.6) is 0 Å². The molecule has 1 aromatic rings. The van der Waals surface area contributed by atoms with Crippen LogP contribution < -0.4 is 10.0 Å². The average molecular weight is 244 g/mol. The van der Waals surface area contributed by atoms with Gasteiger partial charge in [-0.25, -0.2) is 23.1 Å². The van der Waals surface area contributed by atoms with Crippen LogP contribution in [0.4, 0.5) is 5.95 Å². The van der Waals surface area contributed by atoms with Gasteiger partial charge >= 0.3 is 0 Å². The molecule has 0 unspecified atom stereocenters. The molecule has 0 saturated heterocycles. The zero-order chi connectivity index (χ0) is 12.0. The zero-order valence-corrected chi connectivity index (χ0v) is 10.2. The van der Waals surface area contributed by atoms with Gasteiger partial charge in [-0.15, -0.1) is 0 Å². The Bertz CT molecular complexity index is 416. The Morgan fingerprint density at radius 3 is 2.44 bits per heavy atom. The van der Waals surface area contributed by atoms with Gasteiger partial charge in [-0.05, 0) is 6.42 Å². The smallest absolute Gasteiger partial charge is 0.243 e. The van der Waals surface area contributed by atoms with Gasteiger partial charge in [0.05, 0.1) is 12.4 Å². The van der Waals surface area contributed by atoms with Gasteiger partial charge in [0.15, 0.2) is 0 Å². The normalized spacial score (nSPS) is 11.4. The Balaban J connectivity index is 2.74. The van der Waals surface area contributed by atoms with Crippen LogP contribution in [0.1, 0.15) is 19.8 Å². The zero-order valence-electron chi connectivity index (χ0n) is 9.40. The van der Waals surface area contributed by atoms with Crippen LogP contribution >= 0.6 is 0 Å². The molecule has 7 heteroatoms. The molecular formula is C9H16N4O2S. The quantitative estimate of drug-likeness (QED) is 0.716. The summed E-state index contributed by atoms with van der Waals surface area (Å²) in [5.74, 6) is 0.396. The maximum atomic E-state index is 11.7. The van der Waals surface area contributed by atoms with Gasteiger partial charge in [-0.1, -0.05) is 13.3 Å². The fourth-order valence-corrected chi connectivity index (χ4v) is 2.01. The van der Waals surface area contributed by atoms with Crippen LogP contribution in [0.2, 0.25) is 0 Å². The van der Waals surface area contributed by atoms with Crippen molar-refractivity contribution in [3.05, 3.63) is 12.4 Å². The van der Waals surface area contributed by atoms with E-state index in [-0.39, 0.29) is 4.90 Å². The first-order chi connectivity index (χ1) is 7.60. The summed E-state index contributed by atoms with van der Waals surface area (Å²) in [6.07, 6.45) is 4.33. The maximum absolute atomic E-state index is 11.7. The van der Waals surface area contributed by atoms with Crippen LogP contribution in [0.3, 0.4) is 0 Å². The number of nitrogens with zero attached hydrogens (tertiary/aromatic N) is 2. The summed E-state index contributed by atoms with van der Waals surface area (Å²) in [6, 6.07) is 0. The molecule has 1 aromatic heterocycles. The first kappa shape index (κ1) is 12.9. The molecule has 0 spiro atoms. The SMILES string of the molecule is CCCCNS(=O)(=O)c1cnc(NC)nc1. The molecule has 0 aliphatic carbocycles. The molecular weight excluding hydrogens is 228 g/mol. The van der Waals surface area contributed by atoms with Crippen molar-refractivity contribution >= 4 is 16.0 Å². The molecule has 0 saturated carbocycles. The highest BCUT2D eigenvalue weighted by molar-refractivity contribution is 7.89. The molecule has 16 heavy (non-hydrogen) atoms. The van der Waals surface area contributed by atoms with E-state index in [1.54, 1.807) is 7.05 Å². The average Bonchev–Trinajstić information content (AvgIpc) is 2.29. The minimum Gasteiger partial charge on any atom is -0.357 e. The third-order valence-electron chi connectivity index (χ3n) is 1.98. The highest BCUT2D eigenvalue weighted by Gasteiger charge is 2.13. The molecule has 6 nitrogen and oxygen atoms in total. The van der Waals surface area contributed by atoms with Gasteiger partial charge in [-0.2, -0.15) is 0 Å². The summed E-state index contributed by atoms with van der Waals surface area (Å²) in [4.78, 5) is 7.79. The molecule has 0 amide bonds. The van der Waals surface area contributed by atoms with E-state index in [1.165, 1.54) is 12.4 Å². The lowest BCUT2D eigenvalue weighted by molar-refractivity contribution is 0.577. The monoisotopic (exact) mass is 244 g/mol. The predicted octanol–water partition coefficient (Wildman–Crippen LogP) is 0.597. The molecule has 0 aliphatic rings. The predicted molar refractivity (Wildman–Crippen MR) is 61.7 cm³/mol. The van der Waals surface area contributed by atoms with Crippen molar-refractivity contribution in [2.75, 3.05) is 18.9 Å². The van der Waals surface area contributed by atoms with Crippen molar-refractivity contribution in [2.24, 2.45) is 0 Å². The molecule has 0 atom stereocenters. The summed E-state index contributed by atoms with van der Waals surface area (Å²) in [5.41, 5.74) is 0. The van der Waals surface area contributed by atoms with Gasteiger partial charge < -0.3 is 5.32 Å². The fourth-order valence-electron chi connectivity index (χ4n) is 1.05. The number of nitrogens with one attached hydrogen (secondary N) is 2. The van der Waals surface area contributed by atoms with Crippen molar-refractivity contribution in [1.82, 2.24) is 14.7 Å². The Hall–Kier alpha value is -1.21. The Morgan fingerprint density at radius 1 is 1.31 bits per heavy atom. The molecule has 0 fully saturated rings. The number of anilines is 1. The van der Waals surface area contributed by atoms with Crippen molar-refractivity contribution in [3.8, 4) is 0 Å². The number of unbranched alkanes of at least 4 members (excludes halogenated alkanes) is 1. The van der Waals surface area contributed by atoms with Crippen molar-refractivity contribution in [2.45, 2.75) is 24.7 Å². The van der Waals surface area contributed by atoms with E-state index < -0.39 is 10.0 Å². The van der Waals surface area contributed by atoms with Crippen molar-refractivity contribution in [3.63, 3.8) is 0 Å². The highest BCUT2D eigenvalue weighted by atomic mass is 32.2. The number of aromatic nitrogens is 2. The molecule has 2 N–H and O–H groups in total. The summed E-state index contributed by atoms with van der Waals surface area (Å²) < 4.78 is 25.9. The number of hydrogen-bond acceptors (Lipinski definition) is 5. The summed E-state index contributed by atoms with van der Waals surface area (Å²) in [5, 5.41) is 2.72. The number of hydrogen-bond donors (Lipinski definition) is 2. The Morgan fingerprint density at radius 2 is 1.94 bits per heavy atom. The molecule has 90 valence electrons. The van der Waals surface area contributed by atoms with Crippen molar-refractivity contribution < 1.29 is 8.42 Å². The number of sulfonamides is 1. The van der Waals surface area contributed by atoms with E-state index in [0.717, 1.165) is 12.8 Å². The van der Waals surface area contributed by atoms with E-state index >= 15 is 0 Å². The van der Waals surface area contributed by atoms with Crippen LogP contribution in [0.25, 0.3) is 0 Å². The van der Waals surface area contributed by atoms with E-state index in [4.69, 9.17) is 0 Å². The lowest BCUT2D eigenvalue weighted by Crippen LogP contribution is -2.25. The molecule has 1 rings (SSSR count). The topological polar surface area (TPSA) is 84.0 Å². The third kappa shape index (κ3) is 3.42. The highest BCUT2D eigenvalue weighted by Crippen LogP contribution is 2.06. The molecule has 0 aliphatic heterocycles. The second kappa shape index (κ2) is 5.76. The van der Waals surface area contributed by atoms with Gasteiger partial charge in [0.25, 0.3) is 0 Å². The Kier molecular flexibility index (Phi) is 4.63. The van der Waals surface area contributed by atoms with Gasteiger partial charge in [-0.3, -0.25) is 0 Å². The van der Waals surface area contributed by atoms with E-state index in [1.807, 2.05) is 6.92 Å². The van der Waals surface area contributed by atoms with Crippen LogP contribution in [0.15, 0.2) is 17.3 Å². The van der Waals surface area contributed by atoms with Crippen LogP contribution in [-0.2, 0) is 10.0 Å².